The fourth-order valence-electron chi connectivity index (χ4n) is 0.836. The molecule has 0 amide bonds. The second-order valence-electron chi connectivity index (χ2n) is 3.48. The highest BCUT2D eigenvalue weighted by Crippen LogP contribution is 2.55. The van der Waals surface area contributed by atoms with E-state index in [1.807, 2.05) is 0 Å². The average Bonchev–Trinajstić information content (AvgIpc) is 2.90. The van der Waals surface area contributed by atoms with Crippen molar-refractivity contribution in [1.82, 2.24) is 15.2 Å². The Morgan fingerprint density at radius 1 is 0.714 bits per heavy atom. The third kappa shape index (κ3) is 2.71. The molecule has 0 aromatic heterocycles. The number of hydrogen-bond acceptors (Lipinski definition) is 7. The Bertz CT molecular complexity index is 237. The van der Waals surface area contributed by atoms with Gasteiger partial charge in [-0.25, -0.2) is 13.9 Å². The van der Waals surface area contributed by atoms with Crippen molar-refractivity contribution in [2.75, 3.05) is 39.3 Å². The van der Waals surface area contributed by atoms with E-state index in [-0.39, 0.29) is 0 Å². The number of nitrogens with zero attached hydrogens (tertiary/aromatic N) is 3. The van der Waals surface area contributed by atoms with E-state index in [2.05, 4.69) is 0 Å². The summed E-state index contributed by atoms with van der Waals surface area (Å²) in [7, 11) is 0. The van der Waals surface area contributed by atoms with E-state index in [4.69, 9.17) is 25.7 Å². The van der Waals surface area contributed by atoms with E-state index in [1.54, 1.807) is 15.2 Å². The van der Waals surface area contributed by atoms with E-state index >= 15 is 0 Å². The SMILES string of the molecule is S=P(ON1CC1)(ON1CC1)ON1CC1. The Hall–Kier alpha value is 0.410. The molecule has 6 nitrogen and oxygen atoms in total. The molecule has 0 aromatic rings. The molecule has 3 aliphatic heterocycles. The minimum Gasteiger partial charge on any atom is -0.215 e. The van der Waals surface area contributed by atoms with Crippen molar-refractivity contribution in [3.05, 3.63) is 0 Å². The molecule has 0 atom stereocenters. The van der Waals surface area contributed by atoms with Crippen LogP contribution in [0.25, 0.3) is 0 Å². The number of hydroxylamine groups is 6. The summed E-state index contributed by atoms with van der Waals surface area (Å²) in [4.78, 5) is 0. The van der Waals surface area contributed by atoms with Crippen LogP contribution in [0.3, 0.4) is 0 Å². The first-order valence-electron chi connectivity index (χ1n) is 4.68. The zero-order valence-corrected chi connectivity index (χ0v) is 9.38. The molecule has 0 aliphatic carbocycles. The Morgan fingerprint density at radius 2 is 1.00 bits per heavy atom. The second kappa shape index (κ2) is 3.47. The van der Waals surface area contributed by atoms with Gasteiger partial charge < -0.3 is 0 Å². The second-order valence-corrected chi connectivity index (χ2v) is 6.21. The van der Waals surface area contributed by atoms with Gasteiger partial charge in [-0.1, -0.05) is 0 Å². The zero-order chi connectivity index (χ0) is 9.60. The van der Waals surface area contributed by atoms with Crippen LogP contribution in [0.2, 0.25) is 0 Å². The van der Waals surface area contributed by atoms with Crippen LogP contribution in [0.1, 0.15) is 0 Å². The highest BCUT2D eigenvalue weighted by Gasteiger charge is 2.39. The first kappa shape index (κ1) is 9.62. The fraction of sp³-hybridized carbons (Fsp3) is 1.00. The van der Waals surface area contributed by atoms with Crippen LogP contribution in [-0.4, -0.2) is 54.5 Å². The summed E-state index contributed by atoms with van der Waals surface area (Å²) in [6, 6.07) is 0. The van der Waals surface area contributed by atoms with Crippen molar-refractivity contribution in [1.29, 1.82) is 0 Å². The van der Waals surface area contributed by atoms with Crippen LogP contribution >= 0.6 is 6.72 Å². The van der Waals surface area contributed by atoms with Crippen molar-refractivity contribution < 1.29 is 13.9 Å². The van der Waals surface area contributed by atoms with E-state index < -0.39 is 6.72 Å². The third-order valence-electron chi connectivity index (χ3n) is 1.86. The van der Waals surface area contributed by atoms with Gasteiger partial charge >= 0.3 is 6.72 Å². The number of hydrogen-bond donors (Lipinski definition) is 0. The van der Waals surface area contributed by atoms with E-state index in [0.29, 0.717) is 0 Å². The van der Waals surface area contributed by atoms with Crippen LogP contribution < -0.4 is 0 Å². The molecule has 0 saturated carbocycles. The molecule has 80 valence electrons. The van der Waals surface area contributed by atoms with Gasteiger partial charge in [-0.05, 0) is 11.8 Å². The lowest BCUT2D eigenvalue weighted by molar-refractivity contribution is -0.0688. The first-order valence-corrected chi connectivity index (χ1v) is 7.23. The summed E-state index contributed by atoms with van der Waals surface area (Å²) in [6.07, 6.45) is 0. The van der Waals surface area contributed by atoms with E-state index in [0.717, 1.165) is 39.3 Å². The summed E-state index contributed by atoms with van der Waals surface area (Å²) >= 11 is 5.27. The Labute approximate surface area is 87.4 Å². The van der Waals surface area contributed by atoms with Gasteiger partial charge in [0.05, 0.1) is 0 Å². The predicted octanol–water partition coefficient (Wildman–Crippen LogP) is -0.0475. The largest absolute Gasteiger partial charge is 0.378 e. The van der Waals surface area contributed by atoms with Crippen LogP contribution in [0.4, 0.5) is 0 Å². The molecule has 0 aromatic carbocycles. The summed E-state index contributed by atoms with van der Waals surface area (Å²) in [5.41, 5.74) is 0. The maximum Gasteiger partial charge on any atom is 0.378 e. The lowest BCUT2D eigenvalue weighted by Crippen LogP contribution is -2.09. The highest BCUT2D eigenvalue weighted by molar-refractivity contribution is 8.07. The quantitative estimate of drug-likeness (QED) is 0.473. The minimum absolute atomic E-state index is 0.922. The molecule has 0 unspecified atom stereocenters. The fourth-order valence-corrected chi connectivity index (χ4v) is 3.11. The van der Waals surface area contributed by atoms with E-state index in [1.165, 1.54) is 0 Å². The lowest BCUT2D eigenvalue weighted by Gasteiger charge is -2.20. The predicted molar refractivity (Wildman–Crippen MR) is 52.3 cm³/mol. The molecule has 8 heteroatoms. The van der Waals surface area contributed by atoms with Crippen molar-refractivity contribution in [3.63, 3.8) is 0 Å². The van der Waals surface area contributed by atoms with Gasteiger partial charge in [0.15, 0.2) is 0 Å². The smallest absolute Gasteiger partial charge is 0.215 e. The highest BCUT2D eigenvalue weighted by atomic mass is 32.5. The normalized spacial score (nSPS) is 28.0. The van der Waals surface area contributed by atoms with Crippen molar-refractivity contribution in [2.45, 2.75) is 0 Å². The van der Waals surface area contributed by atoms with Gasteiger partial charge in [0, 0.05) is 39.3 Å². The summed E-state index contributed by atoms with van der Waals surface area (Å²) < 4.78 is 16.4. The summed E-state index contributed by atoms with van der Waals surface area (Å²) in [6.45, 7) is 2.94. The molecule has 0 radical (unpaired) electrons. The van der Waals surface area contributed by atoms with Crippen molar-refractivity contribution >= 4 is 18.5 Å². The summed E-state index contributed by atoms with van der Waals surface area (Å²) in [5, 5.41) is 5.31. The molecule has 3 aliphatic rings. The van der Waals surface area contributed by atoms with Crippen molar-refractivity contribution in [3.8, 4) is 0 Å². The molecular formula is C6H12N3O3PS. The molecule has 3 saturated heterocycles. The average molecular weight is 237 g/mol. The molecule has 0 spiro atoms. The topological polar surface area (TPSA) is 36.7 Å². The van der Waals surface area contributed by atoms with Gasteiger partial charge in [0.25, 0.3) is 0 Å². The number of rotatable bonds is 6. The zero-order valence-electron chi connectivity index (χ0n) is 7.66. The standard InChI is InChI=1S/C6H12N3O3PS/c14-13(10-7-1-2-7,11-8-3-4-8)12-9-5-6-9/h1-6H2. The first-order chi connectivity index (χ1) is 6.73. The third-order valence-corrected chi connectivity index (χ3v) is 3.76. The maximum absolute atomic E-state index is 5.48. The van der Waals surface area contributed by atoms with Gasteiger partial charge in [0.1, 0.15) is 0 Å². The molecule has 3 fully saturated rings. The molecular weight excluding hydrogens is 225 g/mol. The Kier molecular flexibility index (Phi) is 2.38. The molecule has 3 heterocycles. The van der Waals surface area contributed by atoms with E-state index in [9.17, 15) is 0 Å². The van der Waals surface area contributed by atoms with Crippen LogP contribution in [0.15, 0.2) is 0 Å². The molecule has 0 bridgehead atoms. The molecule has 3 rings (SSSR count). The van der Waals surface area contributed by atoms with Crippen molar-refractivity contribution in [2.24, 2.45) is 0 Å². The van der Waals surface area contributed by atoms with Gasteiger partial charge in [-0.15, -0.1) is 0 Å². The summed E-state index contributed by atoms with van der Waals surface area (Å²) in [5.74, 6) is 0. The Balaban J connectivity index is 1.59. The van der Waals surface area contributed by atoms with Gasteiger partial charge in [-0.3, -0.25) is 0 Å². The monoisotopic (exact) mass is 237 g/mol. The maximum atomic E-state index is 5.48. The Morgan fingerprint density at radius 3 is 1.21 bits per heavy atom. The van der Waals surface area contributed by atoms with Crippen LogP contribution in [0.5, 0.6) is 0 Å². The van der Waals surface area contributed by atoms with Crippen LogP contribution in [-0.2, 0) is 25.7 Å². The molecule has 0 N–H and O–H groups in total. The van der Waals surface area contributed by atoms with Crippen LogP contribution in [0, 0.1) is 0 Å². The van der Waals surface area contributed by atoms with Gasteiger partial charge in [-0.2, -0.15) is 15.2 Å². The minimum atomic E-state index is -2.59. The van der Waals surface area contributed by atoms with Gasteiger partial charge in [0.2, 0.25) is 0 Å². The lowest BCUT2D eigenvalue weighted by atomic mass is 11.0. The molecule has 14 heavy (non-hydrogen) atoms.